The van der Waals surface area contributed by atoms with Gasteiger partial charge in [0, 0.05) is 13.1 Å². The van der Waals surface area contributed by atoms with Gasteiger partial charge in [0.25, 0.3) is 0 Å². The van der Waals surface area contributed by atoms with E-state index in [-0.39, 0.29) is 6.42 Å². The van der Waals surface area contributed by atoms with Gasteiger partial charge in [0.05, 0.1) is 12.5 Å². The Morgan fingerprint density at radius 1 is 1.42 bits per heavy atom. The van der Waals surface area contributed by atoms with Crippen LogP contribution in [0.1, 0.15) is 20.3 Å². The fraction of sp³-hybridized carbons (Fsp3) is 0.625. The molecule has 12 heavy (non-hydrogen) atoms. The standard InChI is InChI=1S/C8H12N4/c1-3-11-8(5-6-9)12(4-2)7-10/h3-5H2,1-2H3. The third-order valence-electron chi connectivity index (χ3n) is 1.33. The van der Waals surface area contributed by atoms with Gasteiger partial charge in [0.2, 0.25) is 0 Å². The van der Waals surface area contributed by atoms with E-state index in [1.807, 2.05) is 26.1 Å². The van der Waals surface area contributed by atoms with Crippen LogP contribution in [0.25, 0.3) is 0 Å². The van der Waals surface area contributed by atoms with Crippen molar-refractivity contribution in [3.05, 3.63) is 0 Å². The summed E-state index contributed by atoms with van der Waals surface area (Å²) in [6.45, 7) is 4.90. The van der Waals surface area contributed by atoms with Crippen molar-refractivity contribution in [3.63, 3.8) is 0 Å². The fourth-order valence-corrected chi connectivity index (χ4v) is 0.801. The molecule has 0 aromatic carbocycles. The molecule has 0 aliphatic heterocycles. The lowest BCUT2D eigenvalue weighted by atomic mass is 10.4. The Hall–Kier alpha value is -1.55. The molecular weight excluding hydrogens is 152 g/mol. The summed E-state index contributed by atoms with van der Waals surface area (Å²) in [6.07, 6.45) is 2.18. The summed E-state index contributed by atoms with van der Waals surface area (Å²) in [5.74, 6) is 0.560. The van der Waals surface area contributed by atoms with E-state index in [1.54, 1.807) is 0 Å². The molecular formula is C8H12N4. The zero-order valence-electron chi connectivity index (χ0n) is 7.41. The molecule has 0 spiro atoms. The van der Waals surface area contributed by atoms with Crippen LogP contribution in [-0.2, 0) is 0 Å². The molecule has 0 aliphatic rings. The number of nitrogens with zero attached hydrogens (tertiary/aromatic N) is 4. The molecule has 0 rings (SSSR count). The van der Waals surface area contributed by atoms with E-state index in [4.69, 9.17) is 10.5 Å². The molecule has 0 radical (unpaired) electrons. The van der Waals surface area contributed by atoms with E-state index in [0.717, 1.165) is 0 Å². The van der Waals surface area contributed by atoms with Crippen LogP contribution in [0.4, 0.5) is 0 Å². The third-order valence-corrected chi connectivity index (χ3v) is 1.33. The highest BCUT2D eigenvalue weighted by molar-refractivity contribution is 5.85. The summed E-state index contributed by atoms with van der Waals surface area (Å²) < 4.78 is 0. The van der Waals surface area contributed by atoms with E-state index in [1.165, 1.54) is 4.90 Å². The van der Waals surface area contributed by atoms with Crippen LogP contribution in [0, 0.1) is 22.8 Å². The van der Waals surface area contributed by atoms with E-state index in [9.17, 15) is 0 Å². The van der Waals surface area contributed by atoms with Gasteiger partial charge in [-0.2, -0.15) is 10.5 Å². The molecule has 0 bridgehead atoms. The van der Waals surface area contributed by atoms with Crippen LogP contribution in [-0.4, -0.2) is 23.8 Å². The summed E-state index contributed by atoms with van der Waals surface area (Å²) in [5.41, 5.74) is 0. The van der Waals surface area contributed by atoms with E-state index >= 15 is 0 Å². The maximum absolute atomic E-state index is 8.64. The summed E-state index contributed by atoms with van der Waals surface area (Å²) in [6, 6.07) is 1.98. The average Bonchev–Trinajstić information content (AvgIpc) is 2.07. The monoisotopic (exact) mass is 164 g/mol. The largest absolute Gasteiger partial charge is 0.271 e. The minimum Gasteiger partial charge on any atom is -0.271 e. The quantitative estimate of drug-likeness (QED) is 0.272. The smallest absolute Gasteiger partial charge is 0.185 e. The molecule has 0 aromatic rings. The minimum atomic E-state index is 0.204. The maximum atomic E-state index is 8.64. The SMILES string of the molecule is CCN=C(CC#N)N(C#N)CC. The Bertz CT molecular complexity index is 230. The minimum absolute atomic E-state index is 0.204. The van der Waals surface area contributed by atoms with Crippen molar-refractivity contribution < 1.29 is 0 Å². The lowest BCUT2D eigenvalue weighted by Gasteiger charge is -2.12. The van der Waals surface area contributed by atoms with Crippen molar-refractivity contribution in [2.45, 2.75) is 20.3 Å². The van der Waals surface area contributed by atoms with Gasteiger partial charge in [0.1, 0.15) is 5.84 Å². The predicted molar refractivity (Wildman–Crippen MR) is 46.2 cm³/mol. The molecule has 0 heterocycles. The zero-order chi connectivity index (χ0) is 9.40. The molecule has 0 atom stereocenters. The highest BCUT2D eigenvalue weighted by Gasteiger charge is 2.06. The van der Waals surface area contributed by atoms with E-state index in [2.05, 4.69) is 4.99 Å². The number of nitriles is 2. The van der Waals surface area contributed by atoms with Gasteiger partial charge in [-0.15, -0.1) is 0 Å². The molecule has 64 valence electrons. The van der Waals surface area contributed by atoms with Crippen molar-refractivity contribution in [3.8, 4) is 12.3 Å². The second-order valence-electron chi connectivity index (χ2n) is 2.07. The van der Waals surface area contributed by atoms with Crippen LogP contribution in [0.15, 0.2) is 4.99 Å². The molecule has 0 fully saturated rings. The number of hydrogen-bond acceptors (Lipinski definition) is 3. The van der Waals surface area contributed by atoms with Gasteiger partial charge >= 0.3 is 0 Å². The molecule has 0 aromatic heterocycles. The molecule has 0 saturated heterocycles. The first kappa shape index (κ1) is 10.4. The van der Waals surface area contributed by atoms with E-state index < -0.39 is 0 Å². The molecule has 0 aliphatic carbocycles. The van der Waals surface area contributed by atoms with Crippen LogP contribution in [0.3, 0.4) is 0 Å². The Kier molecular flexibility index (Phi) is 5.38. The lowest BCUT2D eigenvalue weighted by molar-refractivity contribution is 0.597. The Labute approximate surface area is 72.7 Å². The Morgan fingerprint density at radius 2 is 2.08 bits per heavy atom. The van der Waals surface area contributed by atoms with Crippen molar-refractivity contribution in [2.75, 3.05) is 13.1 Å². The summed E-state index contributed by atoms with van der Waals surface area (Å²) >= 11 is 0. The maximum Gasteiger partial charge on any atom is 0.185 e. The Balaban J connectivity index is 4.41. The first-order valence-electron chi connectivity index (χ1n) is 3.87. The van der Waals surface area contributed by atoms with Crippen LogP contribution in [0.2, 0.25) is 0 Å². The Morgan fingerprint density at radius 3 is 2.42 bits per heavy atom. The summed E-state index contributed by atoms with van der Waals surface area (Å²) in [4.78, 5) is 5.48. The second-order valence-corrected chi connectivity index (χ2v) is 2.07. The van der Waals surface area contributed by atoms with Gasteiger partial charge in [0.15, 0.2) is 6.19 Å². The highest BCUT2D eigenvalue weighted by atomic mass is 15.2. The van der Waals surface area contributed by atoms with Crippen LogP contribution >= 0.6 is 0 Å². The molecule has 0 N–H and O–H groups in total. The second kappa shape index (κ2) is 6.18. The van der Waals surface area contributed by atoms with Gasteiger partial charge in [-0.1, -0.05) is 0 Å². The van der Waals surface area contributed by atoms with Crippen LogP contribution in [0.5, 0.6) is 0 Å². The molecule has 0 amide bonds. The number of aliphatic imine (C=N–C) groups is 1. The van der Waals surface area contributed by atoms with Crippen molar-refractivity contribution >= 4 is 5.84 Å². The summed E-state index contributed by atoms with van der Waals surface area (Å²) in [5, 5.41) is 17.1. The highest BCUT2D eigenvalue weighted by Crippen LogP contribution is 1.94. The topological polar surface area (TPSA) is 63.2 Å². The van der Waals surface area contributed by atoms with Gasteiger partial charge < -0.3 is 0 Å². The average molecular weight is 164 g/mol. The van der Waals surface area contributed by atoms with Crippen LogP contribution < -0.4 is 0 Å². The number of hydrogen-bond donors (Lipinski definition) is 0. The molecule has 4 heteroatoms. The third kappa shape index (κ3) is 3.03. The molecule has 0 saturated carbocycles. The molecule has 0 unspecified atom stereocenters. The zero-order valence-corrected chi connectivity index (χ0v) is 7.41. The van der Waals surface area contributed by atoms with Gasteiger partial charge in [-0.3, -0.25) is 9.89 Å². The first-order valence-corrected chi connectivity index (χ1v) is 3.87. The summed E-state index contributed by atoms with van der Waals surface area (Å²) in [7, 11) is 0. The van der Waals surface area contributed by atoms with E-state index in [0.29, 0.717) is 18.9 Å². The van der Waals surface area contributed by atoms with Gasteiger partial charge in [-0.05, 0) is 13.8 Å². The number of rotatable bonds is 3. The number of amidine groups is 1. The normalized spacial score (nSPS) is 10.2. The lowest BCUT2D eigenvalue weighted by Crippen LogP contribution is -2.25. The van der Waals surface area contributed by atoms with Crippen molar-refractivity contribution in [2.24, 2.45) is 4.99 Å². The first-order chi connectivity index (χ1) is 5.79. The molecule has 4 nitrogen and oxygen atoms in total. The predicted octanol–water partition coefficient (Wildman–Crippen LogP) is 1.12. The van der Waals surface area contributed by atoms with Crippen molar-refractivity contribution in [1.29, 1.82) is 10.5 Å². The fourth-order valence-electron chi connectivity index (χ4n) is 0.801. The van der Waals surface area contributed by atoms with Gasteiger partial charge in [-0.25, -0.2) is 0 Å². The van der Waals surface area contributed by atoms with Crippen molar-refractivity contribution in [1.82, 2.24) is 4.90 Å².